The number of carbonyl (C=O) groups is 2. The van der Waals surface area contributed by atoms with Crippen molar-refractivity contribution in [3.05, 3.63) is 71.3 Å². The van der Waals surface area contributed by atoms with E-state index in [0.29, 0.717) is 18.7 Å². The molecule has 1 heterocycles. The van der Waals surface area contributed by atoms with Crippen molar-refractivity contribution in [2.45, 2.75) is 38.8 Å². The van der Waals surface area contributed by atoms with E-state index in [1.165, 1.54) is 0 Å². The zero-order valence-corrected chi connectivity index (χ0v) is 16.5. The van der Waals surface area contributed by atoms with E-state index in [9.17, 15) is 9.59 Å². The van der Waals surface area contributed by atoms with Crippen molar-refractivity contribution >= 4 is 11.8 Å². The van der Waals surface area contributed by atoms with Gasteiger partial charge >= 0.3 is 0 Å². The molecule has 0 radical (unpaired) electrons. The highest BCUT2D eigenvalue weighted by Gasteiger charge is 2.27. The summed E-state index contributed by atoms with van der Waals surface area (Å²) in [6.07, 6.45) is 3.05. The first kappa shape index (κ1) is 20.1. The molecule has 148 valence electrons. The third-order valence-electron chi connectivity index (χ3n) is 5.03. The van der Waals surface area contributed by atoms with Crippen LogP contribution in [0.25, 0.3) is 0 Å². The van der Waals surface area contributed by atoms with Crippen LogP contribution in [0, 0.1) is 0 Å². The lowest BCUT2D eigenvalue weighted by molar-refractivity contribution is -0.132. The van der Waals surface area contributed by atoms with E-state index in [2.05, 4.69) is 10.6 Å². The summed E-state index contributed by atoms with van der Waals surface area (Å²) in [4.78, 5) is 27.2. The third-order valence-corrected chi connectivity index (χ3v) is 5.03. The molecule has 5 heteroatoms. The highest BCUT2D eigenvalue weighted by molar-refractivity contribution is 5.94. The first-order valence-electron chi connectivity index (χ1n) is 10.1. The maximum absolute atomic E-state index is 13.1. The summed E-state index contributed by atoms with van der Waals surface area (Å²) < 4.78 is 0. The van der Waals surface area contributed by atoms with Gasteiger partial charge in [0.05, 0.1) is 0 Å². The van der Waals surface area contributed by atoms with Gasteiger partial charge in [0, 0.05) is 31.7 Å². The van der Waals surface area contributed by atoms with E-state index in [4.69, 9.17) is 0 Å². The monoisotopic (exact) mass is 379 g/mol. The van der Waals surface area contributed by atoms with Crippen LogP contribution in [0.5, 0.6) is 0 Å². The molecule has 3 rings (SSSR count). The van der Waals surface area contributed by atoms with Crippen LogP contribution >= 0.6 is 0 Å². The Morgan fingerprint density at radius 1 is 1.04 bits per heavy atom. The highest BCUT2D eigenvalue weighted by atomic mass is 16.2. The summed E-state index contributed by atoms with van der Waals surface area (Å²) in [6.45, 7) is 4.88. The van der Waals surface area contributed by atoms with E-state index in [0.717, 1.165) is 43.5 Å². The number of hydrogen-bond donors (Lipinski definition) is 2. The summed E-state index contributed by atoms with van der Waals surface area (Å²) >= 11 is 0. The van der Waals surface area contributed by atoms with Crippen LogP contribution in [0.15, 0.2) is 54.6 Å². The van der Waals surface area contributed by atoms with Gasteiger partial charge in [-0.25, -0.2) is 0 Å². The maximum atomic E-state index is 13.1. The number of amides is 2. The van der Waals surface area contributed by atoms with Gasteiger partial charge < -0.3 is 10.2 Å². The zero-order valence-electron chi connectivity index (χ0n) is 16.5. The molecule has 0 unspecified atom stereocenters. The third kappa shape index (κ3) is 5.20. The van der Waals surface area contributed by atoms with Crippen molar-refractivity contribution < 1.29 is 9.59 Å². The largest absolute Gasteiger partial charge is 0.352 e. The Hall–Kier alpha value is -2.66. The second kappa shape index (κ2) is 10.0. The number of carbonyl (C=O) groups excluding carboxylic acids is 2. The molecule has 1 fully saturated rings. The molecular weight excluding hydrogens is 350 g/mol. The molecule has 0 spiro atoms. The number of likely N-dealkylation sites (tertiary alicyclic amines) is 1. The van der Waals surface area contributed by atoms with E-state index in [-0.39, 0.29) is 17.9 Å². The van der Waals surface area contributed by atoms with Crippen molar-refractivity contribution in [3.8, 4) is 0 Å². The molecule has 0 saturated carbocycles. The van der Waals surface area contributed by atoms with Crippen LogP contribution in [-0.2, 0) is 11.3 Å². The summed E-state index contributed by atoms with van der Waals surface area (Å²) in [5.41, 5.74) is 2.60. The molecule has 0 aromatic heterocycles. The van der Waals surface area contributed by atoms with Gasteiger partial charge in [-0.1, -0.05) is 49.4 Å². The minimum absolute atomic E-state index is 0.0588. The number of hydrogen-bond acceptors (Lipinski definition) is 3. The Morgan fingerprint density at radius 2 is 1.79 bits per heavy atom. The molecule has 2 N–H and O–H groups in total. The molecular formula is C23H29N3O2. The van der Waals surface area contributed by atoms with Crippen molar-refractivity contribution in [2.24, 2.45) is 0 Å². The van der Waals surface area contributed by atoms with Gasteiger partial charge in [-0.15, -0.1) is 0 Å². The number of nitrogens with one attached hydrogen (secondary N) is 2. The summed E-state index contributed by atoms with van der Waals surface area (Å²) in [7, 11) is 0. The van der Waals surface area contributed by atoms with Crippen LogP contribution in [0.4, 0.5) is 0 Å². The van der Waals surface area contributed by atoms with E-state index >= 15 is 0 Å². The van der Waals surface area contributed by atoms with Crippen LogP contribution in [0.2, 0.25) is 0 Å². The fourth-order valence-electron chi connectivity index (χ4n) is 3.50. The van der Waals surface area contributed by atoms with Gasteiger partial charge in [0.15, 0.2) is 0 Å². The quantitative estimate of drug-likeness (QED) is 0.740. The predicted octanol–water partition coefficient (Wildman–Crippen LogP) is 3.28. The number of nitrogens with zero attached hydrogens (tertiary/aromatic N) is 1. The molecule has 1 aliphatic heterocycles. The lowest BCUT2D eigenvalue weighted by Crippen LogP contribution is -2.39. The summed E-state index contributed by atoms with van der Waals surface area (Å²) in [5, 5.41) is 6.32. The minimum atomic E-state index is -0.378. The van der Waals surface area contributed by atoms with E-state index < -0.39 is 0 Å². The van der Waals surface area contributed by atoms with Crippen molar-refractivity contribution in [2.75, 3.05) is 19.6 Å². The standard InChI is InChI=1S/C23H29N3O2/c1-2-13-24-22(27)20-12-8-9-18(16-20)17-25-21(19-10-4-3-5-11-19)23(28)26-14-6-7-15-26/h3-5,8-12,16,21,25H,2,6-7,13-15,17H2,1H3,(H,24,27)/t21-/m1/s1. The van der Waals surface area contributed by atoms with E-state index in [1.54, 1.807) is 0 Å². The lowest BCUT2D eigenvalue weighted by atomic mass is 10.0. The topological polar surface area (TPSA) is 61.4 Å². The van der Waals surface area contributed by atoms with Gasteiger partial charge in [-0.05, 0) is 42.5 Å². The molecule has 1 aliphatic rings. The molecule has 0 aliphatic carbocycles. The van der Waals surface area contributed by atoms with Gasteiger partial charge in [0.25, 0.3) is 5.91 Å². The highest BCUT2D eigenvalue weighted by Crippen LogP contribution is 2.20. The lowest BCUT2D eigenvalue weighted by Gasteiger charge is -2.24. The number of benzene rings is 2. The Morgan fingerprint density at radius 3 is 2.50 bits per heavy atom. The zero-order chi connectivity index (χ0) is 19.8. The van der Waals surface area contributed by atoms with Crippen LogP contribution in [-0.4, -0.2) is 36.3 Å². The fourth-order valence-corrected chi connectivity index (χ4v) is 3.50. The molecule has 2 amide bonds. The Kier molecular flexibility index (Phi) is 7.20. The molecule has 5 nitrogen and oxygen atoms in total. The summed E-state index contributed by atoms with van der Waals surface area (Å²) in [6, 6.07) is 17.0. The summed E-state index contributed by atoms with van der Waals surface area (Å²) in [5.74, 6) is 0.0667. The van der Waals surface area contributed by atoms with E-state index in [1.807, 2.05) is 66.4 Å². The van der Waals surface area contributed by atoms with Gasteiger partial charge in [-0.2, -0.15) is 0 Å². The number of rotatable bonds is 8. The maximum Gasteiger partial charge on any atom is 0.251 e. The average Bonchev–Trinajstić information content (AvgIpc) is 3.28. The van der Waals surface area contributed by atoms with Crippen molar-refractivity contribution in [1.82, 2.24) is 15.5 Å². The Bertz CT molecular complexity index is 785. The molecule has 1 atom stereocenters. The fraction of sp³-hybridized carbons (Fsp3) is 0.391. The van der Waals surface area contributed by atoms with Crippen LogP contribution < -0.4 is 10.6 Å². The normalized spacial score (nSPS) is 14.7. The van der Waals surface area contributed by atoms with Crippen LogP contribution in [0.1, 0.15) is 53.7 Å². The van der Waals surface area contributed by atoms with Gasteiger partial charge in [-0.3, -0.25) is 14.9 Å². The Labute approximate surface area is 167 Å². The molecule has 1 saturated heterocycles. The smallest absolute Gasteiger partial charge is 0.251 e. The SMILES string of the molecule is CCCNC(=O)c1cccc(CN[C@@H](C(=O)N2CCCC2)c2ccccc2)c1. The minimum Gasteiger partial charge on any atom is -0.352 e. The van der Waals surface area contributed by atoms with Crippen molar-refractivity contribution in [1.29, 1.82) is 0 Å². The van der Waals surface area contributed by atoms with Gasteiger partial charge in [0.1, 0.15) is 6.04 Å². The second-order valence-corrected chi connectivity index (χ2v) is 7.21. The van der Waals surface area contributed by atoms with Crippen molar-refractivity contribution in [3.63, 3.8) is 0 Å². The second-order valence-electron chi connectivity index (χ2n) is 7.21. The molecule has 2 aromatic rings. The first-order chi connectivity index (χ1) is 13.7. The molecule has 2 aromatic carbocycles. The molecule has 28 heavy (non-hydrogen) atoms. The average molecular weight is 380 g/mol. The van der Waals surface area contributed by atoms with Crippen LogP contribution in [0.3, 0.4) is 0 Å². The van der Waals surface area contributed by atoms with Gasteiger partial charge in [0.2, 0.25) is 5.91 Å². The molecule has 0 bridgehead atoms. The first-order valence-corrected chi connectivity index (χ1v) is 10.1. The predicted molar refractivity (Wildman–Crippen MR) is 111 cm³/mol. The Balaban J connectivity index is 1.71.